The Morgan fingerprint density at radius 3 is 2.43 bits per heavy atom. The highest BCUT2D eigenvalue weighted by molar-refractivity contribution is 8.73. The molecule has 0 spiro atoms. The minimum atomic E-state index is -0.736. The standard InChI is InChI=1S/C4H8OS2/c1-3-4-6-7(2)5/h3-4H,1-2H3/b4-3+. The molecule has 1 nitrogen and oxygen atoms in total. The summed E-state index contributed by atoms with van der Waals surface area (Å²) >= 11 is 0. The summed E-state index contributed by atoms with van der Waals surface area (Å²) in [5, 5.41) is 1.82. The average Bonchev–Trinajstić information content (AvgIpc) is 1.61. The van der Waals surface area contributed by atoms with Crippen LogP contribution in [-0.2, 0) is 10.2 Å². The maximum Gasteiger partial charge on any atom is 0.118 e. The topological polar surface area (TPSA) is 23.1 Å². The van der Waals surface area contributed by atoms with Crippen LogP contribution >= 0.6 is 10.8 Å². The number of allylic oxidation sites excluding steroid dienone is 1. The molecular formula is C4H8OS2. The van der Waals surface area contributed by atoms with Crippen molar-refractivity contribution in [1.29, 1.82) is 0 Å². The summed E-state index contributed by atoms with van der Waals surface area (Å²) in [6.45, 7) is 1.90. The van der Waals surface area contributed by atoms with Gasteiger partial charge < -0.3 is 4.55 Å². The molecule has 3 heteroatoms. The van der Waals surface area contributed by atoms with Crippen LogP contribution in [-0.4, -0.2) is 10.8 Å². The van der Waals surface area contributed by atoms with Crippen LogP contribution in [0, 0.1) is 0 Å². The highest BCUT2D eigenvalue weighted by Gasteiger charge is 1.89. The maximum absolute atomic E-state index is 10.2. The van der Waals surface area contributed by atoms with Crippen molar-refractivity contribution in [3.05, 3.63) is 11.5 Å². The van der Waals surface area contributed by atoms with Crippen LogP contribution in [0.4, 0.5) is 0 Å². The highest BCUT2D eigenvalue weighted by Crippen LogP contribution is 2.09. The lowest BCUT2D eigenvalue weighted by molar-refractivity contribution is 0.614. The summed E-state index contributed by atoms with van der Waals surface area (Å²) < 4.78 is 10.2. The van der Waals surface area contributed by atoms with Gasteiger partial charge in [-0.25, -0.2) is 0 Å². The Kier molecular flexibility index (Phi) is 4.82. The molecule has 1 unspecified atom stereocenters. The predicted octanol–water partition coefficient (Wildman–Crippen LogP) is 1.55. The molecule has 0 aromatic carbocycles. The van der Waals surface area contributed by atoms with Crippen molar-refractivity contribution < 1.29 is 4.55 Å². The summed E-state index contributed by atoms with van der Waals surface area (Å²) in [6, 6.07) is 0. The van der Waals surface area contributed by atoms with Gasteiger partial charge in [0.05, 0.1) is 0 Å². The molecule has 42 valence electrons. The third-order valence-electron chi connectivity index (χ3n) is 0.327. The molecule has 0 aliphatic rings. The van der Waals surface area contributed by atoms with Gasteiger partial charge in [-0.3, -0.25) is 0 Å². The number of rotatable bonds is 2. The van der Waals surface area contributed by atoms with E-state index in [9.17, 15) is 4.55 Å². The second kappa shape index (κ2) is 4.56. The molecule has 0 aromatic heterocycles. The lowest BCUT2D eigenvalue weighted by atomic mass is 10.8. The van der Waals surface area contributed by atoms with Gasteiger partial charge >= 0.3 is 0 Å². The molecule has 0 aromatic rings. The molecule has 0 N–H and O–H groups in total. The van der Waals surface area contributed by atoms with Crippen LogP contribution in [0.2, 0.25) is 0 Å². The Bertz CT molecular complexity index is 60.7. The van der Waals surface area contributed by atoms with Crippen molar-refractivity contribution >= 4 is 21.0 Å². The van der Waals surface area contributed by atoms with Crippen molar-refractivity contribution in [2.24, 2.45) is 0 Å². The van der Waals surface area contributed by atoms with Crippen LogP contribution in [0.5, 0.6) is 0 Å². The molecule has 0 aliphatic carbocycles. The van der Waals surface area contributed by atoms with E-state index in [1.807, 2.05) is 18.4 Å². The van der Waals surface area contributed by atoms with E-state index in [0.29, 0.717) is 0 Å². The molecule has 0 radical (unpaired) electrons. The molecule has 0 fully saturated rings. The van der Waals surface area contributed by atoms with Crippen LogP contribution in [0.3, 0.4) is 0 Å². The molecule has 0 bridgehead atoms. The zero-order chi connectivity index (χ0) is 5.70. The lowest BCUT2D eigenvalue weighted by Gasteiger charge is -1.93. The van der Waals surface area contributed by atoms with Crippen molar-refractivity contribution in [2.75, 3.05) is 6.26 Å². The van der Waals surface area contributed by atoms with Crippen LogP contribution < -0.4 is 0 Å². The van der Waals surface area contributed by atoms with E-state index in [2.05, 4.69) is 0 Å². The van der Waals surface area contributed by atoms with E-state index in [1.54, 1.807) is 6.26 Å². The molecule has 0 amide bonds. The fraction of sp³-hybridized carbons (Fsp3) is 0.500. The summed E-state index contributed by atoms with van der Waals surface area (Å²) in [7, 11) is 0.587. The Morgan fingerprint density at radius 1 is 1.71 bits per heavy atom. The summed E-state index contributed by atoms with van der Waals surface area (Å²) in [5.74, 6) is 0. The van der Waals surface area contributed by atoms with Gasteiger partial charge in [0.15, 0.2) is 0 Å². The quantitative estimate of drug-likeness (QED) is 0.424. The Balaban J connectivity index is 2.97. The van der Waals surface area contributed by atoms with E-state index in [0.717, 1.165) is 0 Å². The summed E-state index contributed by atoms with van der Waals surface area (Å²) in [4.78, 5) is 0. The van der Waals surface area contributed by atoms with Crippen LogP contribution in [0.1, 0.15) is 6.92 Å². The molecule has 0 saturated carbocycles. The van der Waals surface area contributed by atoms with Crippen molar-refractivity contribution in [1.82, 2.24) is 0 Å². The summed E-state index contributed by atoms with van der Waals surface area (Å²) in [5.41, 5.74) is 0. The maximum atomic E-state index is 10.2. The third kappa shape index (κ3) is 6.40. The highest BCUT2D eigenvalue weighted by atomic mass is 33.1. The average molecular weight is 136 g/mol. The van der Waals surface area contributed by atoms with Crippen molar-refractivity contribution in [2.45, 2.75) is 6.92 Å². The second-order valence-corrected chi connectivity index (χ2v) is 4.22. The first-order valence-corrected chi connectivity index (χ1v) is 4.84. The molecule has 0 aliphatic heterocycles. The van der Waals surface area contributed by atoms with Gasteiger partial charge in [-0.2, -0.15) is 0 Å². The van der Waals surface area contributed by atoms with Crippen molar-refractivity contribution in [3.8, 4) is 0 Å². The monoisotopic (exact) mass is 136 g/mol. The zero-order valence-corrected chi connectivity index (χ0v) is 6.01. The molecule has 1 atom stereocenters. The third-order valence-corrected chi connectivity index (χ3v) is 2.13. The van der Waals surface area contributed by atoms with Crippen LogP contribution in [0.15, 0.2) is 11.5 Å². The molecule has 0 rings (SSSR count). The van der Waals surface area contributed by atoms with E-state index in [-0.39, 0.29) is 0 Å². The van der Waals surface area contributed by atoms with Gasteiger partial charge in [0, 0.05) is 15.6 Å². The van der Waals surface area contributed by atoms with Crippen molar-refractivity contribution in [3.63, 3.8) is 0 Å². The van der Waals surface area contributed by atoms with E-state index in [4.69, 9.17) is 0 Å². The van der Waals surface area contributed by atoms with Crippen LogP contribution in [0.25, 0.3) is 0 Å². The molecule has 7 heavy (non-hydrogen) atoms. The molecule has 0 heterocycles. The van der Waals surface area contributed by atoms with E-state index in [1.165, 1.54) is 10.8 Å². The van der Waals surface area contributed by atoms with Gasteiger partial charge in [-0.15, -0.1) is 0 Å². The first kappa shape index (κ1) is 7.40. The minimum Gasteiger partial charge on any atom is -0.605 e. The predicted molar refractivity (Wildman–Crippen MR) is 36.5 cm³/mol. The second-order valence-electron chi connectivity index (χ2n) is 0.967. The Hall–Kier alpha value is 0.400. The summed E-state index contributed by atoms with van der Waals surface area (Å²) in [6.07, 6.45) is 3.52. The number of hydrogen-bond acceptors (Lipinski definition) is 2. The Morgan fingerprint density at radius 2 is 2.29 bits per heavy atom. The molecule has 0 saturated heterocycles. The number of hydrogen-bond donors (Lipinski definition) is 0. The van der Waals surface area contributed by atoms with Gasteiger partial charge in [0.2, 0.25) is 0 Å². The zero-order valence-electron chi connectivity index (χ0n) is 4.38. The first-order chi connectivity index (χ1) is 3.27. The minimum absolute atomic E-state index is 0.736. The largest absolute Gasteiger partial charge is 0.605 e. The lowest BCUT2D eigenvalue weighted by Crippen LogP contribution is -1.82. The fourth-order valence-electron chi connectivity index (χ4n) is 0.134. The smallest absolute Gasteiger partial charge is 0.118 e. The van der Waals surface area contributed by atoms with Gasteiger partial charge in [0.25, 0.3) is 0 Å². The molecular weight excluding hydrogens is 128 g/mol. The van der Waals surface area contributed by atoms with Gasteiger partial charge in [-0.1, -0.05) is 6.08 Å². The first-order valence-electron chi connectivity index (χ1n) is 1.89. The normalized spacial score (nSPS) is 15.3. The SMILES string of the molecule is C/C=C/S[S+](C)[O-]. The Labute approximate surface area is 50.8 Å². The van der Waals surface area contributed by atoms with Gasteiger partial charge in [-0.05, 0) is 6.92 Å². The van der Waals surface area contributed by atoms with E-state index >= 15 is 0 Å². The van der Waals surface area contributed by atoms with Gasteiger partial charge in [0.1, 0.15) is 17.0 Å². The fourth-order valence-corrected chi connectivity index (χ4v) is 1.20. The van der Waals surface area contributed by atoms with E-state index < -0.39 is 10.2 Å².